The fourth-order valence-corrected chi connectivity index (χ4v) is 1.93. The highest BCUT2D eigenvalue weighted by Gasteiger charge is 2.31. The Balaban J connectivity index is 2.24. The van der Waals surface area contributed by atoms with Gasteiger partial charge in [-0.25, -0.2) is 8.78 Å². The summed E-state index contributed by atoms with van der Waals surface area (Å²) in [5.41, 5.74) is -0.802. The van der Waals surface area contributed by atoms with Gasteiger partial charge in [-0.15, -0.1) is 0 Å². The summed E-state index contributed by atoms with van der Waals surface area (Å²) in [7, 11) is 0. The minimum Gasteiger partial charge on any atom is -0.388 e. The number of rotatable bonds is 3. The van der Waals surface area contributed by atoms with Crippen LogP contribution in [0.4, 0.5) is 22.0 Å². The predicted octanol–water partition coefficient (Wildman–Crippen LogP) is 4.26. The summed E-state index contributed by atoms with van der Waals surface area (Å²) in [6.07, 6.45) is -6.04. The maximum absolute atomic E-state index is 13.2. The molecule has 0 saturated carbocycles. The molecule has 112 valence electrons. The molecular weight excluding hydrogens is 291 g/mol. The van der Waals surface area contributed by atoms with Crippen LogP contribution in [0, 0.1) is 11.6 Å². The molecule has 0 aliphatic carbocycles. The third-order valence-electron chi connectivity index (χ3n) is 2.97. The molecule has 0 saturated heterocycles. The highest BCUT2D eigenvalue weighted by atomic mass is 19.4. The minimum atomic E-state index is -4.69. The van der Waals surface area contributed by atoms with E-state index in [4.69, 9.17) is 0 Å². The molecule has 0 radical (unpaired) electrons. The average Bonchev–Trinajstić information content (AvgIpc) is 2.39. The fraction of sp³-hybridized carbons (Fsp3) is 0.200. The van der Waals surface area contributed by atoms with Crippen molar-refractivity contribution in [3.63, 3.8) is 0 Å². The summed E-state index contributed by atoms with van der Waals surface area (Å²) in [5, 5.41) is 9.93. The number of hydrogen-bond donors (Lipinski definition) is 1. The molecular formula is C15H11F5O. The van der Waals surface area contributed by atoms with Crippen LogP contribution in [0.5, 0.6) is 0 Å². The maximum atomic E-state index is 13.2. The van der Waals surface area contributed by atoms with Crippen LogP contribution in [0.3, 0.4) is 0 Å². The maximum Gasteiger partial charge on any atom is 0.416 e. The van der Waals surface area contributed by atoms with Crippen molar-refractivity contribution in [1.29, 1.82) is 0 Å². The van der Waals surface area contributed by atoms with E-state index in [9.17, 15) is 27.1 Å². The molecule has 2 aromatic rings. The molecule has 21 heavy (non-hydrogen) atoms. The van der Waals surface area contributed by atoms with E-state index in [-0.39, 0.29) is 12.0 Å². The van der Waals surface area contributed by atoms with Crippen LogP contribution in [-0.4, -0.2) is 5.11 Å². The third-order valence-corrected chi connectivity index (χ3v) is 2.97. The van der Waals surface area contributed by atoms with E-state index in [1.807, 2.05) is 0 Å². The Kier molecular flexibility index (Phi) is 4.27. The van der Waals surface area contributed by atoms with Gasteiger partial charge in [0.1, 0.15) is 11.6 Å². The van der Waals surface area contributed by atoms with Crippen LogP contribution in [-0.2, 0) is 12.6 Å². The summed E-state index contributed by atoms with van der Waals surface area (Å²) in [5.74, 6) is -1.53. The first-order valence-corrected chi connectivity index (χ1v) is 6.06. The summed E-state index contributed by atoms with van der Waals surface area (Å²) in [6, 6.07) is 7.09. The second-order valence-corrected chi connectivity index (χ2v) is 4.62. The molecule has 0 heterocycles. The SMILES string of the molecule is OC(Cc1ccc(F)cc1)c1cc(F)cc(C(F)(F)F)c1. The Morgan fingerprint density at radius 2 is 1.52 bits per heavy atom. The number of hydrogen-bond acceptors (Lipinski definition) is 1. The molecule has 0 fully saturated rings. The zero-order valence-electron chi connectivity index (χ0n) is 10.7. The zero-order chi connectivity index (χ0) is 15.6. The summed E-state index contributed by atoms with van der Waals surface area (Å²) in [4.78, 5) is 0. The van der Waals surface area contributed by atoms with Crippen LogP contribution in [0.2, 0.25) is 0 Å². The van der Waals surface area contributed by atoms with E-state index in [1.165, 1.54) is 24.3 Å². The first-order chi connectivity index (χ1) is 9.75. The van der Waals surface area contributed by atoms with E-state index in [0.29, 0.717) is 17.7 Å². The second-order valence-electron chi connectivity index (χ2n) is 4.62. The quantitative estimate of drug-likeness (QED) is 0.840. The Labute approximate surface area is 117 Å². The molecule has 2 rings (SSSR count). The van der Waals surface area contributed by atoms with Crippen LogP contribution in [0.15, 0.2) is 42.5 Å². The lowest BCUT2D eigenvalue weighted by Gasteiger charge is -2.14. The first kappa shape index (κ1) is 15.4. The van der Waals surface area contributed by atoms with E-state index in [1.54, 1.807) is 0 Å². The Morgan fingerprint density at radius 1 is 0.905 bits per heavy atom. The normalized spacial score (nSPS) is 13.2. The van der Waals surface area contributed by atoms with Crippen molar-refractivity contribution in [3.8, 4) is 0 Å². The summed E-state index contributed by atoms with van der Waals surface area (Å²) in [6.45, 7) is 0. The zero-order valence-corrected chi connectivity index (χ0v) is 10.7. The van der Waals surface area contributed by atoms with Crippen molar-refractivity contribution in [1.82, 2.24) is 0 Å². The molecule has 0 bridgehead atoms. The average molecular weight is 302 g/mol. The van der Waals surface area contributed by atoms with Crippen molar-refractivity contribution < 1.29 is 27.1 Å². The van der Waals surface area contributed by atoms with Gasteiger partial charge in [-0.3, -0.25) is 0 Å². The molecule has 1 unspecified atom stereocenters. The topological polar surface area (TPSA) is 20.2 Å². The van der Waals surface area contributed by atoms with Crippen LogP contribution >= 0.6 is 0 Å². The highest BCUT2D eigenvalue weighted by molar-refractivity contribution is 5.29. The largest absolute Gasteiger partial charge is 0.416 e. The molecule has 0 amide bonds. The van der Waals surface area contributed by atoms with Gasteiger partial charge >= 0.3 is 6.18 Å². The number of halogens is 5. The molecule has 2 aromatic carbocycles. The smallest absolute Gasteiger partial charge is 0.388 e. The first-order valence-electron chi connectivity index (χ1n) is 6.06. The van der Waals surface area contributed by atoms with Gasteiger partial charge in [0.05, 0.1) is 11.7 Å². The predicted molar refractivity (Wildman–Crippen MR) is 66.5 cm³/mol. The van der Waals surface area contributed by atoms with Gasteiger partial charge in [0, 0.05) is 6.42 Å². The lowest BCUT2D eigenvalue weighted by molar-refractivity contribution is -0.137. The molecule has 0 aromatic heterocycles. The number of benzene rings is 2. The van der Waals surface area contributed by atoms with E-state index < -0.39 is 29.5 Å². The van der Waals surface area contributed by atoms with Crippen molar-refractivity contribution in [3.05, 3.63) is 70.8 Å². The lowest BCUT2D eigenvalue weighted by atomic mass is 9.99. The van der Waals surface area contributed by atoms with Crippen LogP contribution < -0.4 is 0 Å². The number of aliphatic hydroxyl groups is 1. The standard InChI is InChI=1S/C15H11F5O/c16-12-3-1-9(2-4-12)5-14(21)10-6-11(15(18,19)20)8-13(17)7-10/h1-4,6-8,14,21H,5H2. The van der Waals surface area contributed by atoms with Gasteiger partial charge in [-0.05, 0) is 41.5 Å². The summed E-state index contributed by atoms with van der Waals surface area (Å²) >= 11 is 0. The molecule has 0 aliphatic heterocycles. The highest BCUT2D eigenvalue weighted by Crippen LogP contribution is 2.32. The van der Waals surface area contributed by atoms with Crippen LogP contribution in [0.1, 0.15) is 22.8 Å². The molecule has 1 atom stereocenters. The van der Waals surface area contributed by atoms with Crippen molar-refractivity contribution in [2.45, 2.75) is 18.7 Å². The molecule has 1 nitrogen and oxygen atoms in total. The van der Waals surface area contributed by atoms with Gasteiger partial charge in [0.25, 0.3) is 0 Å². The van der Waals surface area contributed by atoms with Gasteiger partial charge in [-0.2, -0.15) is 13.2 Å². The van der Waals surface area contributed by atoms with Gasteiger partial charge in [-0.1, -0.05) is 12.1 Å². The number of aliphatic hydroxyl groups excluding tert-OH is 1. The molecule has 6 heteroatoms. The fourth-order valence-electron chi connectivity index (χ4n) is 1.93. The van der Waals surface area contributed by atoms with E-state index in [2.05, 4.69) is 0 Å². The van der Waals surface area contributed by atoms with Crippen molar-refractivity contribution in [2.24, 2.45) is 0 Å². The van der Waals surface area contributed by atoms with E-state index >= 15 is 0 Å². The molecule has 0 aliphatic rings. The Hall–Kier alpha value is -1.95. The van der Waals surface area contributed by atoms with Crippen LogP contribution in [0.25, 0.3) is 0 Å². The Morgan fingerprint density at radius 3 is 2.10 bits per heavy atom. The molecule has 0 spiro atoms. The second kappa shape index (κ2) is 5.81. The van der Waals surface area contributed by atoms with Gasteiger partial charge < -0.3 is 5.11 Å². The Bertz CT molecular complexity index is 619. The van der Waals surface area contributed by atoms with E-state index in [0.717, 1.165) is 6.07 Å². The minimum absolute atomic E-state index is 0.0406. The number of alkyl halides is 3. The monoisotopic (exact) mass is 302 g/mol. The van der Waals surface area contributed by atoms with Gasteiger partial charge in [0.15, 0.2) is 0 Å². The lowest BCUT2D eigenvalue weighted by Crippen LogP contribution is -2.09. The van der Waals surface area contributed by atoms with Gasteiger partial charge in [0.2, 0.25) is 0 Å². The summed E-state index contributed by atoms with van der Waals surface area (Å²) < 4.78 is 63.8. The van der Waals surface area contributed by atoms with Crippen molar-refractivity contribution >= 4 is 0 Å². The molecule has 1 N–H and O–H groups in total. The van der Waals surface area contributed by atoms with Crippen molar-refractivity contribution in [2.75, 3.05) is 0 Å². The third kappa shape index (κ3) is 4.01.